The predicted molar refractivity (Wildman–Crippen MR) is 152 cm³/mol. The molecule has 204 valence electrons. The van der Waals surface area contributed by atoms with Crippen molar-refractivity contribution in [2.24, 2.45) is 5.73 Å². The summed E-state index contributed by atoms with van der Waals surface area (Å²) in [5, 5.41) is 2.13. The summed E-state index contributed by atoms with van der Waals surface area (Å²) in [4.78, 5) is 27.7. The monoisotopic (exact) mass is 526 g/mol. The Morgan fingerprint density at radius 1 is 0.821 bits per heavy atom. The van der Waals surface area contributed by atoms with Gasteiger partial charge in [-0.2, -0.15) is 0 Å². The number of carbonyl (C=O) groups is 2. The van der Waals surface area contributed by atoms with E-state index in [0.717, 1.165) is 53.3 Å². The largest absolute Gasteiger partial charge is 0.487 e. The third-order valence-electron chi connectivity index (χ3n) is 8.62. The highest BCUT2D eigenvalue weighted by atomic mass is 16.5. The maximum absolute atomic E-state index is 13.7. The first-order valence-electron chi connectivity index (χ1n) is 14.6. The first kappa shape index (κ1) is 25.7. The molecule has 2 fully saturated rings. The van der Waals surface area contributed by atoms with E-state index in [4.69, 9.17) is 15.2 Å². The number of carbonyl (C=O) groups excluding carboxylic acids is 2. The molecular formula is C33H38N2O4. The van der Waals surface area contributed by atoms with Crippen LogP contribution in [0.2, 0.25) is 0 Å². The summed E-state index contributed by atoms with van der Waals surface area (Å²) in [6.07, 6.45) is 11.8. The first-order chi connectivity index (χ1) is 19.0. The Morgan fingerprint density at radius 2 is 1.44 bits per heavy atom. The van der Waals surface area contributed by atoms with Crippen LogP contribution in [0.3, 0.4) is 0 Å². The van der Waals surface area contributed by atoms with Crippen molar-refractivity contribution >= 4 is 22.6 Å². The minimum atomic E-state index is -0.483. The molecular weight excluding hydrogens is 488 g/mol. The highest BCUT2D eigenvalue weighted by Gasteiger charge is 2.35. The number of rotatable bonds is 8. The van der Waals surface area contributed by atoms with Gasteiger partial charge in [0.1, 0.15) is 0 Å². The van der Waals surface area contributed by atoms with E-state index in [9.17, 15) is 9.59 Å². The third-order valence-corrected chi connectivity index (χ3v) is 8.62. The molecule has 3 aromatic rings. The SMILES string of the molecule is NC(=O)CC(c1ccc(OC2CCCCC2)c(OC2CCCCC2)c1)N1Cc2cc3ccccc3cc2C1=O. The molecule has 2 saturated carbocycles. The standard InChI is InChI=1S/C33H38N2O4/c34-32(36)20-29(35-21-25-17-22-9-7-8-10-23(22)18-28(25)33(35)37)24-15-16-30(38-26-11-3-1-4-12-26)31(19-24)39-27-13-5-2-6-14-27/h7-10,15-19,26-27,29H,1-6,11-14,20-21H2,(H2,34,36). The second-order valence-corrected chi connectivity index (χ2v) is 11.4. The highest BCUT2D eigenvalue weighted by Crippen LogP contribution is 2.40. The van der Waals surface area contributed by atoms with E-state index >= 15 is 0 Å². The van der Waals surface area contributed by atoms with Gasteiger partial charge in [-0.3, -0.25) is 9.59 Å². The Labute approximate surface area is 230 Å². The molecule has 3 aliphatic rings. The van der Waals surface area contributed by atoms with Gasteiger partial charge < -0.3 is 20.1 Å². The summed E-state index contributed by atoms with van der Waals surface area (Å²) in [6, 6.07) is 17.6. The lowest BCUT2D eigenvalue weighted by Gasteiger charge is -2.30. The van der Waals surface area contributed by atoms with Crippen LogP contribution in [0.1, 0.15) is 98.2 Å². The fraction of sp³-hybridized carbons (Fsp3) is 0.455. The van der Waals surface area contributed by atoms with Gasteiger partial charge in [0, 0.05) is 12.1 Å². The molecule has 6 rings (SSSR count). The van der Waals surface area contributed by atoms with E-state index in [0.29, 0.717) is 17.9 Å². The zero-order chi connectivity index (χ0) is 26.8. The van der Waals surface area contributed by atoms with Crippen molar-refractivity contribution in [3.8, 4) is 11.5 Å². The molecule has 2 amide bonds. The van der Waals surface area contributed by atoms with Gasteiger partial charge in [-0.05, 0) is 97.5 Å². The summed E-state index contributed by atoms with van der Waals surface area (Å²) >= 11 is 0. The van der Waals surface area contributed by atoms with E-state index in [-0.39, 0.29) is 24.5 Å². The van der Waals surface area contributed by atoms with E-state index in [1.807, 2.05) is 42.5 Å². The summed E-state index contributed by atoms with van der Waals surface area (Å²) < 4.78 is 13.1. The minimum absolute atomic E-state index is 0.0466. The Hall–Kier alpha value is -3.54. The van der Waals surface area contributed by atoms with Crippen LogP contribution in [0.5, 0.6) is 11.5 Å². The zero-order valence-electron chi connectivity index (χ0n) is 22.6. The Kier molecular flexibility index (Phi) is 7.45. The molecule has 0 saturated heterocycles. The smallest absolute Gasteiger partial charge is 0.255 e. The molecule has 1 atom stereocenters. The Bertz CT molecular complexity index is 1360. The van der Waals surface area contributed by atoms with Crippen molar-refractivity contribution in [1.82, 2.24) is 4.90 Å². The van der Waals surface area contributed by atoms with Crippen LogP contribution in [0.25, 0.3) is 10.8 Å². The number of ether oxygens (including phenoxy) is 2. The number of hydrogen-bond acceptors (Lipinski definition) is 4. The molecule has 39 heavy (non-hydrogen) atoms. The minimum Gasteiger partial charge on any atom is -0.487 e. The number of nitrogens with two attached hydrogens (primary N) is 1. The summed E-state index contributed by atoms with van der Waals surface area (Å²) in [5.41, 5.74) is 8.26. The maximum atomic E-state index is 13.7. The van der Waals surface area contributed by atoms with E-state index < -0.39 is 11.9 Å². The van der Waals surface area contributed by atoms with Crippen LogP contribution in [0.15, 0.2) is 54.6 Å². The highest BCUT2D eigenvalue weighted by molar-refractivity contribution is 6.03. The summed E-state index contributed by atoms with van der Waals surface area (Å²) in [5.74, 6) is 0.969. The first-order valence-corrected chi connectivity index (χ1v) is 14.6. The molecule has 6 heteroatoms. The fourth-order valence-corrected chi connectivity index (χ4v) is 6.52. The fourth-order valence-electron chi connectivity index (χ4n) is 6.52. The average molecular weight is 527 g/mol. The molecule has 6 nitrogen and oxygen atoms in total. The van der Waals surface area contributed by atoms with Gasteiger partial charge in [0.2, 0.25) is 5.91 Å². The predicted octanol–water partition coefficient (Wildman–Crippen LogP) is 6.84. The van der Waals surface area contributed by atoms with Crippen LogP contribution in [0, 0.1) is 0 Å². The average Bonchev–Trinajstić information content (AvgIpc) is 3.27. The van der Waals surface area contributed by atoms with Gasteiger partial charge in [0.15, 0.2) is 11.5 Å². The Morgan fingerprint density at radius 3 is 2.08 bits per heavy atom. The van der Waals surface area contributed by atoms with Gasteiger partial charge in [0.05, 0.1) is 24.7 Å². The molecule has 3 aromatic carbocycles. The number of primary amides is 1. The summed E-state index contributed by atoms with van der Waals surface area (Å²) in [6.45, 7) is 0.441. The van der Waals surface area contributed by atoms with Crippen molar-refractivity contribution in [1.29, 1.82) is 0 Å². The van der Waals surface area contributed by atoms with Crippen LogP contribution < -0.4 is 15.2 Å². The molecule has 2 aliphatic carbocycles. The van der Waals surface area contributed by atoms with Crippen LogP contribution in [-0.4, -0.2) is 28.9 Å². The second kappa shape index (κ2) is 11.3. The van der Waals surface area contributed by atoms with E-state index in [2.05, 4.69) is 12.1 Å². The second-order valence-electron chi connectivity index (χ2n) is 11.4. The topological polar surface area (TPSA) is 81.9 Å². The van der Waals surface area contributed by atoms with Crippen molar-refractivity contribution in [3.63, 3.8) is 0 Å². The summed E-state index contributed by atoms with van der Waals surface area (Å²) in [7, 11) is 0. The molecule has 1 aliphatic heterocycles. The van der Waals surface area contributed by atoms with E-state index in [1.165, 1.54) is 38.5 Å². The Balaban J connectivity index is 1.33. The van der Waals surface area contributed by atoms with Crippen molar-refractivity contribution in [2.75, 3.05) is 0 Å². The molecule has 0 bridgehead atoms. The quantitative estimate of drug-likeness (QED) is 0.349. The van der Waals surface area contributed by atoms with Gasteiger partial charge in [-0.1, -0.05) is 43.2 Å². The van der Waals surface area contributed by atoms with Gasteiger partial charge in [0.25, 0.3) is 5.91 Å². The number of fused-ring (bicyclic) bond motifs is 2. The molecule has 2 N–H and O–H groups in total. The van der Waals surface area contributed by atoms with Crippen LogP contribution in [-0.2, 0) is 11.3 Å². The van der Waals surface area contributed by atoms with Crippen LogP contribution in [0.4, 0.5) is 0 Å². The van der Waals surface area contributed by atoms with Gasteiger partial charge in [-0.15, -0.1) is 0 Å². The van der Waals surface area contributed by atoms with Crippen molar-refractivity contribution in [3.05, 3.63) is 71.3 Å². The van der Waals surface area contributed by atoms with Crippen molar-refractivity contribution in [2.45, 2.75) is 95.4 Å². The number of amides is 2. The normalized spacial score (nSPS) is 19.2. The zero-order valence-corrected chi connectivity index (χ0v) is 22.6. The van der Waals surface area contributed by atoms with Crippen LogP contribution >= 0.6 is 0 Å². The molecule has 1 heterocycles. The number of benzene rings is 3. The van der Waals surface area contributed by atoms with E-state index in [1.54, 1.807) is 4.90 Å². The molecule has 0 spiro atoms. The van der Waals surface area contributed by atoms with Gasteiger partial charge >= 0.3 is 0 Å². The molecule has 1 unspecified atom stereocenters. The molecule has 0 aromatic heterocycles. The lowest BCUT2D eigenvalue weighted by molar-refractivity contribution is -0.119. The number of nitrogens with zero attached hydrogens (tertiary/aromatic N) is 1. The lowest BCUT2D eigenvalue weighted by atomic mass is 9.97. The van der Waals surface area contributed by atoms with Gasteiger partial charge in [-0.25, -0.2) is 0 Å². The molecule has 0 radical (unpaired) electrons. The third kappa shape index (κ3) is 5.61. The maximum Gasteiger partial charge on any atom is 0.255 e. The number of hydrogen-bond donors (Lipinski definition) is 1. The van der Waals surface area contributed by atoms with Crippen molar-refractivity contribution < 1.29 is 19.1 Å². The lowest BCUT2D eigenvalue weighted by Crippen LogP contribution is -2.32.